The van der Waals surface area contributed by atoms with E-state index >= 15 is 0 Å². The first-order valence-corrected chi connectivity index (χ1v) is 7.00. The monoisotopic (exact) mass is 334 g/mol. The Labute approximate surface area is 125 Å². The minimum Gasteiger partial charge on any atom is -0.398 e. The number of nitrogens with two attached hydrogens (primary N) is 1. The molecule has 5 nitrogen and oxygen atoms in total. The molecule has 2 rings (SSSR count). The summed E-state index contributed by atoms with van der Waals surface area (Å²) in [5.41, 5.74) is 8.96. The molecule has 0 atom stereocenters. The number of nitrogens with zero attached hydrogens (tertiary/aromatic N) is 2. The van der Waals surface area contributed by atoms with E-state index in [-0.39, 0.29) is 5.91 Å². The third-order valence-electron chi connectivity index (χ3n) is 2.83. The Balaban J connectivity index is 2.27. The van der Waals surface area contributed by atoms with Crippen LogP contribution in [0, 0.1) is 6.92 Å². The first-order chi connectivity index (χ1) is 9.51. The van der Waals surface area contributed by atoms with Gasteiger partial charge in [-0.25, -0.2) is 0 Å². The van der Waals surface area contributed by atoms with Gasteiger partial charge in [0.25, 0.3) is 5.91 Å². The third-order valence-corrected chi connectivity index (χ3v) is 3.52. The van der Waals surface area contributed by atoms with Crippen molar-refractivity contribution in [2.75, 3.05) is 11.1 Å². The summed E-state index contributed by atoms with van der Waals surface area (Å²) in [6, 6.07) is 7.00. The van der Waals surface area contributed by atoms with Gasteiger partial charge in [-0.2, -0.15) is 10.2 Å². The molecule has 1 heterocycles. The fourth-order valence-electron chi connectivity index (χ4n) is 1.78. The lowest BCUT2D eigenvalue weighted by molar-refractivity contribution is 0.102. The molecule has 0 bridgehead atoms. The molecule has 2 aromatic rings. The number of nitrogens with one attached hydrogen (secondary N) is 1. The summed E-state index contributed by atoms with van der Waals surface area (Å²) in [6.07, 6.45) is 0.654. The van der Waals surface area contributed by atoms with Gasteiger partial charge in [0.15, 0.2) is 0 Å². The van der Waals surface area contributed by atoms with Crippen LogP contribution in [0.15, 0.2) is 28.7 Å². The van der Waals surface area contributed by atoms with E-state index in [0.717, 1.165) is 4.47 Å². The number of aromatic nitrogens is 2. The highest BCUT2D eigenvalue weighted by atomic mass is 79.9. The number of amides is 1. The molecule has 0 saturated heterocycles. The number of carbonyl (C=O) groups excluding carboxylic acids is 1. The van der Waals surface area contributed by atoms with Crippen LogP contribution in [0.25, 0.3) is 0 Å². The van der Waals surface area contributed by atoms with Crippen LogP contribution in [0.5, 0.6) is 0 Å². The molecule has 6 heteroatoms. The highest BCUT2D eigenvalue weighted by molar-refractivity contribution is 9.10. The highest BCUT2D eigenvalue weighted by Gasteiger charge is 2.13. The van der Waals surface area contributed by atoms with Gasteiger partial charge in [0.2, 0.25) is 0 Å². The van der Waals surface area contributed by atoms with Gasteiger partial charge in [0, 0.05) is 15.8 Å². The van der Waals surface area contributed by atoms with E-state index in [0.29, 0.717) is 34.7 Å². The second kappa shape index (κ2) is 6.00. The summed E-state index contributed by atoms with van der Waals surface area (Å²) in [6.45, 7) is 3.75. The Kier molecular flexibility index (Phi) is 4.34. The molecule has 20 heavy (non-hydrogen) atoms. The van der Waals surface area contributed by atoms with Gasteiger partial charge in [-0.3, -0.25) is 4.79 Å². The molecule has 0 spiro atoms. The average molecular weight is 335 g/mol. The van der Waals surface area contributed by atoms with E-state index in [1.54, 1.807) is 24.3 Å². The molecule has 0 radical (unpaired) electrons. The third kappa shape index (κ3) is 3.14. The quantitative estimate of drug-likeness (QED) is 0.845. The summed E-state index contributed by atoms with van der Waals surface area (Å²) in [4.78, 5) is 12.3. The van der Waals surface area contributed by atoms with E-state index in [2.05, 4.69) is 31.4 Å². The lowest BCUT2D eigenvalue weighted by Crippen LogP contribution is -2.16. The van der Waals surface area contributed by atoms with Crippen molar-refractivity contribution in [1.82, 2.24) is 10.2 Å². The van der Waals surface area contributed by atoms with Gasteiger partial charge in [0.05, 0.1) is 17.0 Å². The fraction of sp³-hybridized carbons (Fsp3) is 0.214. The summed E-state index contributed by atoms with van der Waals surface area (Å²) < 4.78 is 0.745. The minimum absolute atomic E-state index is 0.198. The molecule has 0 saturated carbocycles. The maximum Gasteiger partial charge on any atom is 0.257 e. The summed E-state index contributed by atoms with van der Waals surface area (Å²) >= 11 is 3.33. The molecule has 1 aromatic heterocycles. The number of halogens is 1. The Hall–Kier alpha value is -1.95. The van der Waals surface area contributed by atoms with Crippen LogP contribution in [-0.2, 0) is 6.42 Å². The number of hydrogen-bond donors (Lipinski definition) is 2. The van der Waals surface area contributed by atoms with Crippen molar-refractivity contribution in [1.29, 1.82) is 0 Å². The number of anilines is 2. The van der Waals surface area contributed by atoms with Gasteiger partial charge in [0.1, 0.15) is 0 Å². The van der Waals surface area contributed by atoms with Crippen molar-refractivity contribution in [3.05, 3.63) is 45.7 Å². The standard InChI is InChI=1S/C14H15BrN4O/c1-3-13-10(6-8(2)18-19-13)14(20)17-9-4-5-12(16)11(15)7-9/h4-7H,3,16H2,1-2H3,(H,17,20). The average Bonchev–Trinajstić information content (AvgIpc) is 2.43. The molecule has 0 aliphatic rings. The van der Waals surface area contributed by atoms with Gasteiger partial charge < -0.3 is 11.1 Å². The van der Waals surface area contributed by atoms with Gasteiger partial charge in [-0.15, -0.1) is 0 Å². The van der Waals surface area contributed by atoms with Gasteiger partial charge in [-0.05, 0) is 53.5 Å². The van der Waals surface area contributed by atoms with Gasteiger partial charge >= 0.3 is 0 Å². The summed E-state index contributed by atoms with van der Waals surface area (Å²) in [5.74, 6) is -0.198. The number of carbonyl (C=O) groups is 1. The van der Waals surface area contributed by atoms with Crippen molar-refractivity contribution < 1.29 is 4.79 Å². The van der Waals surface area contributed by atoms with Crippen LogP contribution in [0.3, 0.4) is 0 Å². The van der Waals surface area contributed by atoms with Crippen LogP contribution in [0.4, 0.5) is 11.4 Å². The van der Waals surface area contributed by atoms with Crippen molar-refractivity contribution in [2.24, 2.45) is 0 Å². The van der Waals surface area contributed by atoms with Crippen LogP contribution in [0.1, 0.15) is 28.7 Å². The number of aryl methyl sites for hydroxylation is 2. The van der Waals surface area contributed by atoms with Crippen molar-refractivity contribution in [2.45, 2.75) is 20.3 Å². The smallest absolute Gasteiger partial charge is 0.257 e. The zero-order valence-corrected chi connectivity index (χ0v) is 12.9. The molecule has 3 N–H and O–H groups in total. The predicted molar refractivity (Wildman–Crippen MR) is 82.7 cm³/mol. The fourth-order valence-corrected chi connectivity index (χ4v) is 2.15. The first kappa shape index (κ1) is 14.5. The zero-order chi connectivity index (χ0) is 14.7. The number of hydrogen-bond acceptors (Lipinski definition) is 4. The second-order valence-electron chi connectivity index (χ2n) is 4.39. The topological polar surface area (TPSA) is 80.9 Å². The van der Waals surface area contributed by atoms with Crippen molar-refractivity contribution in [3.63, 3.8) is 0 Å². The van der Waals surface area contributed by atoms with E-state index < -0.39 is 0 Å². The number of nitrogen functional groups attached to an aromatic ring is 1. The van der Waals surface area contributed by atoms with Gasteiger partial charge in [-0.1, -0.05) is 6.92 Å². The second-order valence-corrected chi connectivity index (χ2v) is 5.24. The minimum atomic E-state index is -0.198. The lowest BCUT2D eigenvalue weighted by Gasteiger charge is -2.09. The van der Waals surface area contributed by atoms with Crippen LogP contribution in [0.2, 0.25) is 0 Å². The maximum absolute atomic E-state index is 12.3. The molecule has 1 aromatic carbocycles. The molecule has 0 aliphatic heterocycles. The summed E-state index contributed by atoms with van der Waals surface area (Å²) in [5, 5.41) is 10.9. The Bertz CT molecular complexity index is 658. The first-order valence-electron chi connectivity index (χ1n) is 6.21. The predicted octanol–water partition coefficient (Wildman–Crippen LogP) is 2.94. The van der Waals surface area contributed by atoms with E-state index in [1.807, 2.05) is 13.8 Å². The number of rotatable bonds is 3. The largest absolute Gasteiger partial charge is 0.398 e. The SMILES string of the molecule is CCc1nnc(C)cc1C(=O)Nc1ccc(N)c(Br)c1. The molecule has 0 aliphatic carbocycles. The molecular weight excluding hydrogens is 320 g/mol. The maximum atomic E-state index is 12.3. The molecule has 104 valence electrons. The van der Waals surface area contributed by atoms with Crippen LogP contribution < -0.4 is 11.1 Å². The van der Waals surface area contributed by atoms with Crippen molar-refractivity contribution in [3.8, 4) is 0 Å². The van der Waals surface area contributed by atoms with Crippen LogP contribution in [-0.4, -0.2) is 16.1 Å². The Morgan fingerprint density at radius 3 is 2.75 bits per heavy atom. The number of benzene rings is 1. The summed E-state index contributed by atoms with van der Waals surface area (Å²) in [7, 11) is 0. The normalized spacial score (nSPS) is 10.3. The molecule has 0 fully saturated rings. The zero-order valence-electron chi connectivity index (χ0n) is 11.3. The van der Waals surface area contributed by atoms with Crippen LogP contribution >= 0.6 is 15.9 Å². The van der Waals surface area contributed by atoms with E-state index in [1.165, 1.54) is 0 Å². The van der Waals surface area contributed by atoms with E-state index in [4.69, 9.17) is 5.73 Å². The molecule has 0 unspecified atom stereocenters. The van der Waals surface area contributed by atoms with Crippen molar-refractivity contribution >= 4 is 33.2 Å². The van der Waals surface area contributed by atoms with E-state index in [9.17, 15) is 4.79 Å². The lowest BCUT2D eigenvalue weighted by atomic mass is 10.1. The molecule has 1 amide bonds. The Morgan fingerprint density at radius 1 is 1.35 bits per heavy atom. The highest BCUT2D eigenvalue weighted by Crippen LogP contribution is 2.23. The molecular formula is C14H15BrN4O. The Morgan fingerprint density at radius 2 is 2.10 bits per heavy atom.